The molecule has 0 atom stereocenters. The molecule has 1 aliphatic rings. The first-order valence-electron chi connectivity index (χ1n) is 8.51. The van der Waals surface area contributed by atoms with Crippen LogP contribution in [0.25, 0.3) is 0 Å². The third kappa shape index (κ3) is 3.41. The van der Waals surface area contributed by atoms with Gasteiger partial charge in [-0.1, -0.05) is 35.9 Å². The molecule has 0 saturated heterocycles. The lowest BCUT2D eigenvalue weighted by atomic mass is 10.0. The van der Waals surface area contributed by atoms with Crippen LogP contribution in [0, 0.1) is 10.1 Å². The molecule has 0 radical (unpaired) electrons. The van der Waals surface area contributed by atoms with E-state index in [1.54, 1.807) is 24.3 Å². The molecule has 8 heteroatoms. The lowest BCUT2D eigenvalue weighted by molar-refractivity contribution is -0.383. The van der Waals surface area contributed by atoms with Gasteiger partial charge in [-0.15, -0.1) is 0 Å². The molecule has 0 spiro atoms. The minimum absolute atomic E-state index is 0.135. The molecule has 2 heterocycles. The van der Waals surface area contributed by atoms with Gasteiger partial charge >= 0.3 is 5.69 Å². The summed E-state index contributed by atoms with van der Waals surface area (Å²) in [4.78, 5) is 21.7. The fourth-order valence-electron chi connectivity index (χ4n) is 3.28. The molecular weight excluding hydrogens is 366 g/mol. The van der Waals surface area contributed by atoms with E-state index in [-0.39, 0.29) is 17.3 Å². The third-order valence-electron chi connectivity index (χ3n) is 4.44. The van der Waals surface area contributed by atoms with Crippen molar-refractivity contribution >= 4 is 40.3 Å². The van der Waals surface area contributed by atoms with E-state index in [1.165, 1.54) is 6.33 Å². The number of anilines is 4. The van der Waals surface area contributed by atoms with Crippen LogP contribution in [0.15, 0.2) is 54.9 Å². The SMILES string of the molecule is O=[N+]([O-])c1c(Nc2cccc(Cl)c2)ncnc1N1CCCc2ccccc21. The molecule has 0 saturated carbocycles. The molecule has 1 aromatic heterocycles. The first-order chi connectivity index (χ1) is 13.1. The van der Waals surface area contributed by atoms with Crippen LogP contribution in [0.3, 0.4) is 0 Å². The Balaban J connectivity index is 1.80. The number of para-hydroxylation sites is 1. The van der Waals surface area contributed by atoms with Gasteiger partial charge in [-0.05, 0) is 42.7 Å². The fraction of sp³-hybridized carbons (Fsp3) is 0.158. The van der Waals surface area contributed by atoms with Crippen LogP contribution >= 0.6 is 11.6 Å². The number of halogens is 1. The van der Waals surface area contributed by atoms with Crippen molar-refractivity contribution in [2.45, 2.75) is 12.8 Å². The van der Waals surface area contributed by atoms with E-state index in [9.17, 15) is 10.1 Å². The largest absolute Gasteiger partial charge is 0.354 e. The normalized spacial score (nSPS) is 13.1. The molecule has 136 valence electrons. The summed E-state index contributed by atoms with van der Waals surface area (Å²) in [6, 6.07) is 14.9. The number of rotatable bonds is 4. The summed E-state index contributed by atoms with van der Waals surface area (Å²) in [5, 5.41) is 15.4. The van der Waals surface area contributed by atoms with Crippen molar-refractivity contribution in [1.82, 2.24) is 9.97 Å². The summed E-state index contributed by atoms with van der Waals surface area (Å²) in [5.41, 5.74) is 2.56. The number of fused-ring (bicyclic) bond motifs is 1. The van der Waals surface area contributed by atoms with Gasteiger partial charge in [0, 0.05) is 22.9 Å². The van der Waals surface area contributed by atoms with Crippen LogP contribution in [0.1, 0.15) is 12.0 Å². The van der Waals surface area contributed by atoms with Gasteiger partial charge in [0.25, 0.3) is 0 Å². The van der Waals surface area contributed by atoms with Crippen molar-refractivity contribution in [3.63, 3.8) is 0 Å². The monoisotopic (exact) mass is 381 g/mol. The molecule has 1 aliphatic heterocycles. The molecule has 1 N–H and O–H groups in total. The zero-order chi connectivity index (χ0) is 18.8. The van der Waals surface area contributed by atoms with Crippen LogP contribution in [-0.2, 0) is 6.42 Å². The Morgan fingerprint density at radius 1 is 1.15 bits per heavy atom. The van der Waals surface area contributed by atoms with Gasteiger partial charge in [0.1, 0.15) is 6.33 Å². The highest BCUT2D eigenvalue weighted by Gasteiger charge is 2.30. The molecule has 7 nitrogen and oxygen atoms in total. The molecule has 2 aromatic carbocycles. The van der Waals surface area contributed by atoms with Crippen LogP contribution in [0.4, 0.5) is 28.7 Å². The zero-order valence-electron chi connectivity index (χ0n) is 14.3. The highest BCUT2D eigenvalue weighted by molar-refractivity contribution is 6.30. The average Bonchev–Trinajstić information content (AvgIpc) is 2.67. The first-order valence-corrected chi connectivity index (χ1v) is 8.89. The molecule has 0 unspecified atom stereocenters. The van der Waals surface area contributed by atoms with Crippen molar-refractivity contribution < 1.29 is 4.92 Å². The van der Waals surface area contributed by atoms with E-state index >= 15 is 0 Å². The van der Waals surface area contributed by atoms with Crippen LogP contribution < -0.4 is 10.2 Å². The molecule has 0 bridgehead atoms. The van der Waals surface area contributed by atoms with Gasteiger partial charge in [0.05, 0.1) is 4.92 Å². The fourth-order valence-corrected chi connectivity index (χ4v) is 3.47. The van der Waals surface area contributed by atoms with E-state index in [0.717, 1.165) is 24.1 Å². The molecule has 0 aliphatic carbocycles. The zero-order valence-corrected chi connectivity index (χ0v) is 15.1. The van der Waals surface area contributed by atoms with Crippen LogP contribution in [-0.4, -0.2) is 21.4 Å². The number of nitro groups is 1. The van der Waals surface area contributed by atoms with Gasteiger partial charge in [-0.3, -0.25) is 10.1 Å². The maximum absolute atomic E-state index is 11.9. The number of aryl methyl sites for hydroxylation is 1. The third-order valence-corrected chi connectivity index (χ3v) is 4.67. The number of hydrogen-bond acceptors (Lipinski definition) is 6. The molecule has 27 heavy (non-hydrogen) atoms. The maximum atomic E-state index is 11.9. The highest BCUT2D eigenvalue weighted by Crippen LogP contribution is 2.40. The van der Waals surface area contributed by atoms with E-state index in [0.29, 0.717) is 17.3 Å². The van der Waals surface area contributed by atoms with Crippen LogP contribution in [0.5, 0.6) is 0 Å². The molecule has 0 amide bonds. The van der Waals surface area contributed by atoms with Gasteiger partial charge in [-0.25, -0.2) is 9.97 Å². The molecular formula is C19H16ClN5O2. The predicted molar refractivity (Wildman–Crippen MR) is 105 cm³/mol. The van der Waals surface area contributed by atoms with Crippen molar-refractivity contribution in [2.24, 2.45) is 0 Å². The number of benzene rings is 2. The van der Waals surface area contributed by atoms with Crippen LogP contribution in [0.2, 0.25) is 5.02 Å². The van der Waals surface area contributed by atoms with Gasteiger partial charge in [-0.2, -0.15) is 0 Å². The molecule has 0 fully saturated rings. The van der Waals surface area contributed by atoms with Crippen molar-refractivity contribution in [3.05, 3.63) is 75.6 Å². The second kappa shape index (κ2) is 7.20. The second-order valence-electron chi connectivity index (χ2n) is 6.17. The lowest BCUT2D eigenvalue weighted by Gasteiger charge is -2.30. The van der Waals surface area contributed by atoms with E-state index in [2.05, 4.69) is 15.3 Å². The summed E-state index contributed by atoms with van der Waals surface area (Å²) in [6.45, 7) is 0.658. The number of nitrogens with one attached hydrogen (secondary N) is 1. The smallest absolute Gasteiger partial charge is 0.334 e. The number of aromatic nitrogens is 2. The minimum Gasteiger partial charge on any atom is -0.334 e. The summed E-state index contributed by atoms with van der Waals surface area (Å²) in [7, 11) is 0. The Morgan fingerprint density at radius 3 is 2.81 bits per heavy atom. The molecule has 3 aromatic rings. The topological polar surface area (TPSA) is 84.2 Å². The number of nitrogens with zero attached hydrogens (tertiary/aromatic N) is 4. The highest BCUT2D eigenvalue weighted by atomic mass is 35.5. The summed E-state index contributed by atoms with van der Waals surface area (Å²) < 4.78 is 0. The summed E-state index contributed by atoms with van der Waals surface area (Å²) >= 11 is 6.01. The standard InChI is InChI=1S/C19H16ClN5O2/c20-14-7-3-8-15(11-14)23-18-17(25(26)27)19(22-12-21-18)24-10-4-6-13-5-1-2-9-16(13)24/h1-3,5,7-9,11-12H,4,6,10H2,(H,21,22,23). The first kappa shape index (κ1) is 17.2. The lowest BCUT2D eigenvalue weighted by Crippen LogP contribution is -2.26. The summed E-state index contributed by atoms with van der Waals surface area (Å²) in [5.74, 6) is 0.419. The van der Waals surface area contributed by atoms with Gasteiger partial charge in [0.15, 0.2) is 0 Å². The average molecular weight is 382 g/mol. The van der Waals surface area contributed by atoms with E-state index in [4.69, 9.17) is 11.6 Å². The van der Waals surface area contributed by atoms with Gasteiger partial charge < -0.3 is 10.2 Å². The number of hydrogen-bond donors (Lipinski definition) is 1. The van der Waals surface area contributed by atoms with E-state index < -0.39 is 4.92 Å². The Bertz CT molecular complexity index is 1010. The quantitative estimate of drug-likeness (QED) is 0.513. The van der Waals surface area contributed by atoms with Crippen molar-refractivity contribution in [3.8, 4) is 0 Å². The van der Waals surface area contributed by atoms with E-state index in [1.807, 2.05) is 29.2 Å². The Kier molecular flexibility index (Phi) is 4.60. The Hall–Kier alpha value is -3.19. The minimum atomic E-state index is -0.445. The Morgan fingerprint density at radius 2 is 2.00 bits per heavy atom. The van der Waals surface area contributed by atoms with Crippen molar-refractivity contribution in [1.29, 1.82) is 0 Å². The second-order valence-corrected chi connectivity index (χ2v) is 6.61. The molecule has 4 rings (SSSR count). The predicted octanol–water partition coefficient (Wildman–Crippen LogP) is 4.87. The Labute approximate surface area is 160 Å². The maximum Gasteiger partial charge on any atom is 0.354 e. The van der Waals surface area contributed by atoms with Gasteiger partial charge in [0.2, 0.25) is 11.6 Å². The summed E-state index contributed by atoms with van der Waals surface area (Å²) in [6.07, 6.45) is 3.18. The van der Waals surface area contributed by atoms with Crippen molar-refractivity contribution in [2.75, 3.05) is 16.8 Å².